The molecular formula is C15H14ClN5. The van der Waals surface area contributed by atoms with Gasteiger partial charge in [0.2, 0.25) is 0 Å². The van der Waals surface area contributed by atoms with Gasteiger partial charge in [-0.15, -0.1) is 0 Å². The number of anilines is 1. The molecule has 0 bridgehead atoms. The zero-order chi connectivity index (χ0) is 15.0. The summed E-state index contributed by atoms with van der Waals surface area (Å²) in [5.41, 5.74) is 8.59. The maximum atomic E-state index is 6.06. The number of halogens is 1. The molecule has 3 rings (SSSR count). The predicted molar refractivity (Wildman–Crippen MR) is 83.5 cm³/mol. The molecule has 2 heterocycles. The quantitative estimate of drug-likeness (QED) is 0.789. The summed E-state index contributed by atoms with van der Waals surface area (Å²) in [7, 11) is 0. The Labute approximate surface area is 127 Å². The molecule has 0 saturated heterocycles. The van der Waals surface area contributed by atoms with E-state index in [1.165, 1.54) is 0 Å². The van der Waals surface area contributed by atoms with E-state index in [4.69, 9.17) is 17.3 Å². The average molecular weight is 300 g/mol. The van der Waals surface area contributed by atoms with Crippen LogP contribution in [0.2, 0.25) is 5.02 Å². The third-order valence-corrected chi connectivity index (χ3v) is 3.26. The molecule has 0 amide bonds. The fourth-order valence-electron chi connectivity index (χ4n) is 2.17. The van der Waals surface area contributed by atoms with Gasteiger partial charge in [0.1, 0.15) is 11.6 Å². The van der Waals surface area contributed by atoms with E-state index in [-0.39, 0.29) is 0 Å². The lowest BCUT2D eigenvalue weighted by molar-refractivity contribution is 0.833. The van der Waals surface area contributed by atoms with Gasteiger partial charge in [0, 0.05) is 28.4 Å². The molecule has 0 aliphatic carbocycles. The molecular weight excluding hydrogens is 286 g/mol. The minimum Gasteiger partial charge on any atom is -0.384 e. The Morgan fingerprint density at radius 1 is 1.10 bits per heavy atom. The summed E-state index contributed by atoms with van der Waals surface area (Å²) >= 11 is 6.01. The van der Waals surface area contributed by atoms with Crippen LogP contribution in [0.15, 0.2) is 36.4 Å². The molecule has 3 aromatic rings. The molecule has 1 aromatic carbocycles. The van der Waals surface area contributed by atoms with Crippen molar-refractivity contribution >= 4 is 17.4 Å². The first-order valence-corrected chi connectivity index (χ1v) is 6.85. The second-order valence-electron chi connectivity index (χ2n) is 4.79. The summed E-state index contributed by atoms with van der Waals surface area (Å²) in [6.07, 6.45) is 0. The fourth-order valence-corrected chi connectivity index (χ4v) is 2.36. The highest BCUT2D eigenvalue weighted by molar-refractivity contribution is 6.30. The van der Waals surface area contributed by atoms with Crippen LogP contribution < -0.4 is 5.73 Å². The third kappa shape index (κ3) is 2.73. The molecule has 0 saturated carbocycles. The number of rotatable bonds is 2. The van der Waals surface area contributed by atoms with E-state index in [9.17, 15) is 0 Å². The van der Waals surface area contributed by atoms with Gasteiger partial charge in [0.15, 0.2) is 5.82 Å². The van der Waals surface area contributed by atoms with Crippen LogP contribution >= 0.6 is 11.6 Å². The van der Waals surface area contributed by atoms with Crippen LogP contribution in [0.25, 0.3) is 17.1 Å². The molecule has 2 aromatic heterocycles. The summed E-state index contributed by atoms with van der Waals surface area (Å²) in [4.78, 5) is 8.63. The van der Waals surface area contributed by atoms with Gasteiger partial charge in [-0.2, -0.15) is 9.78 Å². The Kier molecular flexibility index (Phi) is 3.35. The van der Waals surface area contributed by atoms with E-state index >= 15 is 0 Å². The molecule has 0 aliphatic heterocycles. The molecule has 21 heavy (non-hydrogen) atoms. The molecule has 0 fully saturated rings. The van der Waals surface area contributed by atoms with E-state index in [0.717, 1.165) is 17.0 Å². The Balaban J connectivity index is 2.09. The molecule has 5 nitrogen and oxygen atoms in total. The molecule has 0 radical (unpaired) electrons. The van der Waals surface area contributed by atoms with Crippen LogP contribution in [0, 0.1) is 13.8 Å². The standard InChI is InChI=1S/C15H14ClN5/c1-9-6-15(19-10(2)18-9)21-14(17)8-13(20-21)11-4-3-5-12(16)7-11/h3-8H,17H2,1-2H3. The van der Waals surface area contributed by atoms with Gasteiger partial charge in [-0.3, -0.25) is 0 Å². The van der Waals surface area contributed by atoms with Crippen molar-refractivity contribution in [2.45, 2.75) is 13.8 Å². The van der Waals surface area contributed by atoms with Gasteiger partial charge >= 0.3 is 0 Å². The monoisotopic (exact) mass is 299 g/mol. The minimum absolute atomic E-state index is 0.516. The number of nitrogens with two attached hydrogens (primary N) is 1. The maximum Gasteiger partial charge on any atom is 0.159 e. The molecule has 106 valence electrons. The van der Waals surface area contributed by atoms with Crippen LogP contribution in [0.3, 0.4) is 0 Å². The van der Waals surface area contributed by atoms with Gasteiger partial charge in [-0.05, 0) is 26.0 Å². The molecule has 2 N–H and O–H groups in total. The zero-order valence-electron chi connectivity index (χ0n) is 11.7. The van der Waals surface area contributed by atoms with Crippen molar-refractivity contribution in [1.82, 2.24) is 19.7 Å². The van der Waals surface area contributed by atoms with Crippen LogP contribution in [0.5, 0.6) is 0 Å². The van der Waals surface area contributed by atoms with Crippen LogP contribution in [-0.4, -0.2) is 19.7 Å². The van der Waals surface area contributed by atoms with E-state index in [2.05, 4.69) is 15.1 Å². The van der Waals surface area contributed by atoms with Crippen molar-refractivity contribution in [3.8, 4) is 17.1 Å². The third-order valence-electron chi connectivity index (χ3n) is 3.03. The number of hydrogen-bond donors (Lipinski definition) is 1. The first-order valence-electron chi connectivity index (χ1n) is 6.47. The van der Waals surface area contributed by atoms with Crippen LogP contribution in [0.1, 0.15) is 11.5 Å². The Hall–Kier alpha value is -2.40. The normalized spacial score (nSPS) is 10.8. The highest BCUT2D eigenvalue weighted by atomic mass is 35.5. The Bertz CT molecular complexity index is 789. The lowest BCUT2D eigenvalue weighted by Gasteiger charge is -2.04. The number of aromatic nitrogens is 4. The van der Waals surface area contributed by atoms with Crippen molar-refractivity contribution in [2.75, 3.05) is 5.73 Å². The topological polar surface area (TPSA) is 69.6 Å². The highest BCUT2D eigenvalue weighted by Crippen LogP contribution is 2.24. The van der Waals surface area contributed by atoms with Crippen LogP contribution in [0.4, 0.5) is 5.82 Å². The molecule has 0 atom stereocenters. The number of hydrogen-bond acceptors (Lipinski definition) is 4. The number of nitrogens with zero attached hydrogens (tertiary/aromatic N) is 4. The first kappa shape index (κ1) is 13.6. The van der Waals surface area contributed by atoms with E-state index in [0.29, 0.717) is 22.5 Å². The second kappa shape index (κ2) is 5.18. The fraction of sp³-hybridized carbons (Fsp3) is 0.133. The van der Waals surface area contributed by atoms with Gasteiger partial charge in [0.25, 0.3) is 0 Å². The van der Waals surface area contributed by atoms with E-state index < -0.39 is 0 Å². The summed E-state index contributed by atoms with van der Waals surface area (Å²) in [6.45, 7) is 3.75. The SMILES string of the molecule is Cc1cc(-n2nc(-c3cccc(Cl)c3)cc2N)nc(C)n1. The molecule has 0 aliphatic rings. The van der Waals surface area contributed by atoms with Gasteiger partial charge in [-0.25, -0.2) is 9.97 Å². The predicted octanol–water partition coefficient (Wildman–Crippen LogP) is 3.18. The lowest BCUT2D eigenvalue weighted by atomic mass is 10.1. The van der Waals surface area contributed by atoms with E-state index in [1.54, 1.807) is 10.7 Å². The van der Waals surface area contributed by atoms with Crippen LogP contribution in [-0.2, 0) is 0 Å². The maximum absolute atomic E-state index is 6.06. The minimum atomic E-state index is 0.516. The van der Waals surface area contributed by atoms with Gasteiger partial charge < -0.3 is 5.73 Å². The first-order chi connectivity index (χ1) is 10.0. The zero-order valence-corrected chi connectivity index (χ0v) is 12.5. The molecule has 0 spiro atoms. The van der Waals surface area contributed by atoms with Crippen molar-refractivity contribution in [1.29, 1.82) is 0 Å². The summed E-state index contributed by atoms with van der Waals surface area (Å²) in [5, 5.41) is 5.18. The number of aryl methyl sites for hydroxylation is 2. The summed E-state index contributed by atoms with van der Waals surface area (Å²) in [5.74, 6) is 1.86. The second-order valence-corrected chi connectivity index (χ2v) is 5.23. The number of nitrogen functional groups attached to an aromatic ring is 1. The van der Waals surface area contributed by atoms with Gasteiger partial charge in [-0.1, -0.05) is 23.7 Å². The van der Waals surface area contributed by atoms with E-state index in [1.807, 2.05) is 44.2 Å². The lowest BCUT2D eigenvalue weighted by Crippen LogP contribution is -2.06. The van der Waals surface area contributed by atoms with Crippen molar-refractivity contribution in [3.05, 3.63) is 52.9 Å². The van der Waals surface area contributed by atoms with Gasteiger partial charge in [0.05, 0.1) is 5.69 Å². The van der Waals surface area contributed by atoms with Crippen molar-refractivity contribution in [2.24, 2.45) is 0 Å². The van der Waals surface area contributed by atoms with Crippen molar-refractivity contribution < 1.29 is 0 Å². The molecule has 0 unspecified atom stereocenters. The molecule has 6 heteroatoms. The van der Waals surface area contributed by atoms with Crippen molar-refractivity contribution in [3.63, 3.8) is 0 Å². The Morgan fingerprint density at radius 3 is 2.62 bits per heavy atom. The smallest absolute Gasteiger partial charge is 0.159 e. The highest BCUT2D eigenvalue weighted by Gasteiger charge is 2.11. The summed E-state index contributed by atoms with van der Waals surface area (Å²) < 4.78 is 1.61. The number of benzene rings is 1. The Morgan fingerprint density at radius 2 is 1.90 bits per heavy atom. The largest absolute Gasteiger partial charge is 0.384 e. The summed E-state index contributed by atoms with van der Waals surface area (Å²) in [6, 6.07) is 11.1. The average Bonchev–Trinajstić information content (AvgIpc) is 2.80.